The molecule has 1 aliphatic carbocycles. The van der Waals surface area contributed by atoms with Crippen molar-refractivity contribution in [2.24, 2.45) is 5.92 Å². The number of nitrogens with one attached hydrogen (secondary N) is 2. The molecule has 8 heteroatoms. The van der Waals surface area contributed by atoms with E-state index in [0.717, 1.165) is 53.8 Å². The highest BCUT2D eigenvalue weighted by Crippen LogP contribution is 2.37. The second-order valence-corrected chi connectivity index (χ2v) is 10.4. The van der Waals surface area contributed by atoms with E-state index in [1.165, 1.54) is 0 Å². The largest absolute Gasteiger partial charge is 0.496 e. The molecule has 5 rings (SSSR count). The first-order chi connectivity index (χ1) is 17.3. The quantitative estimate of drug-likeness (QED) is 0.603. The minimum atomic E-state index is -1.33. The van der Waals surface area contributed by atoms with E-state index in [2.05, 4.69) is 10.6 Å². The van der Waals surface area contributed by atoms with Crippen molar-refractivity contribution in [3.05, 3.63) is 52.6 Å². The number of halogens is 1. The Morgan fingerprint density at radius 1 is 1.14 bits per heavy atom. The van der Waals surface area contributed by atoms with Crippen molar-refractivity contribution in [2.75, 3.05) is 32.1 Å². The van der Waals surface area contributed by atoms with E-state index < -0.39 is 5.67 Å². The molecule has 2 aliphatic heterocycles. The van der Waals surface area contributed by atoms with Crippen molar-refractivity contribution < 1.29 is 23.5 Å². The van der Waals surface area contributed by atoms with Gasteiger partial charge in [0, 0.05) is 48.9 Å². The summed E-state index contributed by atoms with van der Waals surface area (Å²) >= 11 is 0. The minimum Gasteiger partial charge on any atom is -0.496 e. The summed E-state index contributed by atoms with van der Waals surface area (Å²) in [6.07, 6.45) is 3.04. The first-order valence-electron chi connectivity index (χ1n) is 12.7. The summed E-state index contributed by atoms with van der Waals surface area (Å²) in [4.78, 5) is 28.1. The van der Waals surface area contributed by atoms with Gasteiger partial charge in [0.05, 0.1) is 7.11 Å². The van der Waals surface area contributed by atoms with E-state index in [4.69, 9.17) is 9.47 Å². The molecule has 2 N–H and O–H groups in total. The number of benzene rings is 2. The molecule has 36 heavy (non-hydrogen) atoms. The molecule has 0 aromatic heterocycles. The number of anilines is 1. The third kappa shape index (κ3) is 4.78. The van der Waals surface area contributed by atoms with Crippen LogP contribution in [0.3, 0.4) is 0 Å². The lowest BCUT2D eigenvalue weighted by Gasteiger charge is -2.34. The Balaban J connectivity index is 1.18. The smallest absolute Gasteiger partial charge is 0.254 e. The van der Waals surface area contributed by atoms with E-state index in [1.807, 2.05) is 43.0 Å². The number of fused-ring (bicyclic) bond motifs is 1. The molecule has 1 saturated carbocycles. The van der Waals surface area contributed by atoms with Crippen molar-refractivity contribution in [1.29, 1.82) is 0 Å². The molecule has 0 atom stereocenters. The Hall–Kier alpha value is -3.13. The molecule has 2 aromatic rings. The number of amides is 2. The highest BCUT2D eigenvalue weighted by molar-refractivity contribution is 5.99. The highest BCUT2D eigenvalue weighted by Gasteiger charge is 2.39. The number of carbonyl (C=O) groups is 2. The number of ether oxygens (including phenoxy) is 2. The number of alkyl halides is 1. The van der Waals surface area contributed by atoms with Crippen LogP contribution in [0, 0.1) is 19.8 Å². The predicted octanol–water partition coefficient (Wildman–Crippen LogP) is 4.16. The van der Waals surface area contributed by atoms with Gasteiger partial charge in [0.15, 0.2) is 5.67 Å². The lowest BCUT2D eigenvalue weighted by Crippen LogP contribution is -2.59. The van der Waals surface area contributed by atoms with Gasteiger partial charge in [-0.1, -0.05) is 6.07 Å². The topological polar surface area (TPSA) is 79.9 Å². The first kappa shape index (κ1) is 24.6. The molecule has 2 fully saturated rings. The number of methoxy groups -OCH3 is 1. The Bertz CT molecular complexity index is 1170. The van der Waals surface area contributed by atoms with E-state index in [0.29, 0.717) is 30.9 Å². The summed E-state index contributed by atoms with van der Waals surface area (Å²) in [5, 5.41) is 5.94. The zero-order valence-corrected chi connectivity index (χ0v) is 21.2. The molecule has 2 amide bonds. The monoisotopic (exact) mass is 495 g/mol. The fourth-order valence-electron chi connectivity index (χ4n) is 5.46. The van der Waals surface area contributed by atoms with Gasteiger partial charge >= 0.3 is 0 Å². The van der Waals surface area contributed by atoms with Crippen molar-refractivity contribution in [1.82, 2.24) is 10.2 Å². The van der Waals surface area contributed by atoms with Crippen LogP contribution in [0.15, 0.2) is 30.3 Å². The van der Waals surface area contributed by atoms with E-state index in [9.17, 15) is 14.0 Å². The summed E-state index contributed by atoms with van der Waals surface area (Å²) in [6.45, 7) is 5.08. The van der Waals surface area contributed by atoms with Gasteiger partial charge in [0.1, 0.15) is 18.1 Å². The summed E-state index contributed by atoms with van der Waals surface area (Å²) in [5.41, 5.74) is 3.07. The standard InChI is InChI=1S/C28H34FN3O4/c1-17-4-7-20(11-25(17)35-3)31-26(33)19-5-8-21(9-6-19)32-13-24-18(2)10-22(12-23(24)27(32)34)36-16-28(29)14-30-15-28/h4,7,10-12,19,21,30H,5-6,8-9,13-16H2,1-3H3,(H,31,33). The Labute approximate surface area is 211 Å². The van der Waals surface area contributed by atoms with Crippen molar-refractivity contribution in [2.45, 2.75) is 57.8 Å². The molecule has 192 valence electrons. The maximum atomic E-state index is 14.3. The fraction of sp³-hybridized carbons (Fsp3) is 0.500. The zero-order valence-electron chi connectivity index (χ0n) is 21.2. The van der Waals surface area contributed by atoms with E-state index >= 15 is 0 Å². The summed E-state index contributed by atoms with van der Waals surface area (Å²) in [7, 11) is 1.62. The summed E-state index contributed by atoms with van der Waals surface area (Å²) in [6, 6.07) is 9.42. The van der Waals surface area contributed by atoms with Gasteiger partial charge in [-0.05, 0) is 74.4 Å². The number of carbonyl (C=O) groups excluding carboxylic acids is 2. The zero-order chi connectivity index (χ0) is 25.4. The lowest BCUT2D eigenvalue weighted by molar-refractivity contribution is -0.121. The van der Waals surface area contributed by atoms with Gasteiger partial charge in [0.2, 0.25) is 5.91 Å². The second kappa shape index (κ2) is 9.73. The maximum Gasteiger partial charge on any atom is 0.254 e. The molecule has 2 aromatic carbocycles. The Kier molecular flexibility index (Phi) is 6.64. The van der Waals surface area contributed by atoms with Gasteiger partial charge in [-0.25, -0.2) is 4.39 Å². The van der Waals surface area contributed by atoms with Crippen LogP contribution in [0.2, 0.25) is 0 Å². The summed E-state index contributed by atoms with van der Waals surface area (Å²) < 4.78 is 25.4. The molecule has 0 unspecified atom stereocenters. The molecule has 7 nitrogen and oxygen atoms in total. The van der Waals surface area contributed by atoms with Crippen LogP contribution in [0.1, 0.15) is 52.7 Å². The van der Waals surface area contributed by atoms with Crippen molar-refractivity contribution in [3.63, 3.8) is 0 Å². The third-order valence-corrected chi connectivity index (χ3v) is 7.83. The van der Waals surface area contributed by atoms with Crippen LogP contribution < -0.4 is 20.1 Å². The number of hydrogen-bond donors (Lipinski definition) is 2. The number of nitrogens with zero attached hydrogens (tertiary/aromatic N) is 1. The second-order valence-electron chi connectivity index (χ2n) is 10.4. The van der Waals surface area contributed by atoms with Gasteiger partial charge in [-0.15, -0.1) is 0 Å². The molecule has 1 saturated heterocycles. The molecular weight excluding hydrogens is 461 g/mol. The van der Waals surface area contributed by atoms with Gasteiger partial charge in [0.25, 0.3) is 5.91 Å². The average Bonchev–Trinajstić information content (AvgIpc) is 3.19. The predicted molar refractivity (Wildman–Crippen MR) is 135 cm³/mol. The number of rotatable bonds is 7. The van der Waals surface area contributed by atoms with Crippen LogP contribution in [0.5, 0.6) is 11.5 Å². The fourth-order valence-corrected chi connectivity index (χ4v) is 5.46. The normalized spacial score (nSPS) is 22.6. The first-order valence-corrected chi connectivity index (χ1v) is 12.7. The van der Waals surface area contributed by atoms with Gasteiger partial charge in [-0.2, -0.15) is 0 Å². The molecule has 0 bridgehead atoms. The molecule has 0 radical (unpaired) electrons. The molecular formula is C28H34FN3O4. The Morgan fingerprint density at radius 3 is 2.56 bits per heavy atom. The minimum absolute atomic E-state index is 0.00141. The van der Waals surface area contributed by atoms with Gasteiger partial charge in [-0.3, -0.25) is 9.59 Å². The van der Waals surface area contributed by atoms with Crippen LogP contribution in [-0.4, -0.2) is 55.2 Å². The lowest BCUT2D eigenvalue weighted by atomic mass is 9.84. The third-order valence-electron chi connectivity index (χ3n) is 7.83. The van der Waals surface area contributed by atoms with Crippen molar-refractivity contribution in [3.8, 4) is 11.5 Å². The maximum absolute atomic E-state index is 14.3. The average molecular weight is 496 g/mol. The van der Waals surface area contributed by atoms with Gasteiger partial charge < -0.3 is 25.0 Å². The SMILES string of the molecule is COc1cc(NC(=O)C2CCC(N3Cc4c(C)cc(OCC5(F)CNC5)cc4C3=O)CC2)ccc1C. The molecule has 0 spiro atoms. The number of hydrogen-bond acceptors (Lipinski definition) is 5. The van der Waals surface area contributed by atoms with Crippen LogP contribution >= 0.6 is 0 Å². The highest BCUT2D eigenvalue weighted by atomic mass is 19.1. The Morgan fingerprint density at radius 2 is 1.89 bits per heavy atom. The van der Waals surface area contributed by atoms with Crippen LogP contribution in [0.4, 0.5) is 10.1 Å². The molecule has 3 aliphatic rings. The van der Waals surface area contributed by atoms with Crippen LogP contribution in [-0.2, 0) is 11.3 Å². The number of aryl methyl sites for hydroxylation is 2. The summed E-state index contributed by atoms with van der Waals surface area (Å²) in [5.74, 6) is 1.22. The molecule has 2 heterocycles. The van der Waals surface area contributed by atoms with Crippen molar-refractivity contribution >= 4 is 17.5 Å². The van der Waals surface area contributed by atoms with E-state index in [-0.39, 0.29) is 30.4 Å². The van der Waals surface area contributed by atoms with E-state index in [1.54, 1.807) is 13.2 Å². The van der Waals surface area contributed by atoms with Crippen LogP contribution in [0.25, 0.3) is 0 Å².